The van der Waals surface area contributed by atoms with Crippen molar-refractivity contribution < 1.29 is 4.74 Å². The van der Waals surface area contributed by atoms with E-state index in [2.05, 4.69) is 37.4 Å². The van der Waals surface area contributed by atoms with Gasteiger partial charge < -0.3 is 10.1 Å². The van der Waals surface area contributed by atoms with E-state index in [1.165, 1.54) is 43.4 Å². The number of hydrogen-bond donors (Lipinski definition) is 1. The van der Waals surface area contributed by atoms with Gasteiger partial charge in [-0.25, -0.2) is 0 Å². The Kier molecular flexibility index (Phi) is 3.30. The van der Waals surface area contributed by atoms with Crippen molar-refractivity contribution in [3.8, 4) is 5.75 Å². The molecule has 2 atom stereocenters. The van der Waals surface area contributed by atoms with Crippen LogP contribution in [0.4, 0.5) is 0 Å². The van der Waals surface area contributed by atoms with Gasteiger partial charge in [0.2, 0.25) is 0 Å². The summed E-state index contributed by atoms with van der Waals surface area (Å²) in [4.78, 5) is 0. The number of nitrogens with one attached hydrogen (secondary N) is 1. The first kappa shape index (κ1) is 13.0. The van der Waals surface area contributed by atoms with Crippen LogP contribution in [0.1, 0.15) is 50.3 Å². The summed E-state index contributed by atoms with van der Waals surface area (Å²) in [7, 11) is 1.75. The van der Waals surface area contributed by atoms with Gasteiger partial charge >= 0.3 is 0 Å². The van der Waals surface area contributed by atoms with Gasteiger partial charge in [0.05, 0.1) is 7.11 Å². The summed E-state index contributed by atoms with van der Waals surface area (Å²) in [5.74, 6) is 1.86. The van der Waals surface area contributed by atoms with Crippen LogP contribution in [-0.4, -0.2) is 13.7 Å². The molecule has 2 unspecified atom stereocenters. The zero-order valence-electron chi connectivity index (χ0n) is 12.3. The highest BCUT2D eigenvalue weighted by Gasteiger charge is 2.45. The summed E-state index contributed by atoms with van der Waals surface area (Å²) in [6.07, 6.45) is 5.13. The molecule has 0 aliphatic heterocycles. The van der Waals surface area contributed by atoms with E-state index in [0.29, 0.717) is 11.5 Å². The lowest BCUT2D eigenvalue weighted by atomic mass is 9.87. The molecule has 0 heterocycles. The average Bonchev–Trinajstić information content (AvgIpc) is 3.03. The standard InChI is InChI=1S/C17H25NO/c1-17(2)10-13(17)11-18-16-6-4-5-12-9-14(19-3)7-8-15(12)16/h7-9,13,16,18H,4-6,10-11H2,1-3H3. The third-order valence-corrected chi connectivity index (χ3v) is 4.99. The Morgan fingerprint density at radius 3 is 2.84 bits per heavy atom. The maximum Gasteiger partial charge on any atom is 0.119 e. The van der Waals surface area contributed by atoms with Crippen LogP contribution in [0.25, 0.3) is 0 Å². The molecule has 1 N–H and O–H groups in total. The van der Waals surface area contributed by atoms with E-state index in [1.807, 2.05) is 0 Å². The van der Waals surface area contributed by atoms with Gasteiger partial charge in [-0.3, -0.25) is 0 Å². The molecule has 1 aromatic carbocycles. The van der Waals surface area contributed by atoms with E-state index < -0.39 is 0 Å². The number of rotatable bonds is 4. The minimum absolute atomic E-state index is 0.547. The second-order valence-corrected chi connectivity index (χ2v) is 6.81. The molecule has 1 aromatic rings. The number of aryl methyl sites for hydroxylation is 1. The van der Waals surface area contributed by atoms with Crippen LogP contribution in [0.3, 0.4) is 0 Å². The second-order valence-electron chi connectivity index (χ2n) is 6.81. The van der Waals surface area contributed by atoms with Crippen LogP contribution in [0.15, 0.2) is 18.2 Å². The van der Waals surface area contributed by atoms with Crippen molar-refractivity contribution in [1.82, 2.24) is 5.32 Å². The third-order valence-electron chi connectivity index (χ3n) is 4.99. The number of ether oxygens (including phenoxy) is 1. The highest BCUT2D eigenvalue weighted by molar-refractivity contribution is 5.39. The molecular formula is C17H25NO. The first-order valence-electron chi connectivity index (χ1n) is 7.50. The van der Waals surface area contributed by atoms with Gasteiger partial charge in [0.15, 0.2) is 0 Å². The fraction of sp³-hybridized carbons (Fsp3) is 0.647. The molecular weight excluding hydrogens is 234 g/mol. The number of hydrogen-bond acceptors (Lipinski definition) is 2. The van der Waals surface area contributed by atoms with Crippen LogP contribution >= 0.6 is 0 Å². The Balaban J connectivity index is 1.68. The van der Waals surface area contributed by atoms with Gasteiger partial charge in [-0.05, 0) is 66.8 Å². The van der Waals surface area contributed by atoms with Gasteiger partial charge in [-0.1, -0.05) is 19.9 Å². The van der Waals surface area contributed by atoms with Crippen molar-refractivity contribution in [3.63, 3.8) is 0 Å². The molecule has 104 valence electrons. The van der Waals surface area contributed by atoms with Gasteiger partial charge in [0.1, 0.15) is 5.75 Å². The van der Waals surface area contributed by atoms with Crippen LogP contribution in [0.5, 0.6) is 5.75 Å². The molecule has 1 saturated carbocycles. The Morgan fingerprint density at radius 2 is 2.16 bits per heavy atom. The molecule has 0 amide bonds. The molecule has 0 aromatic heterocycles. The summed E-state index contributed by atoms with van der Waals surface area (Å²) in [5.41, 5.74) is 3.54. The van der Waals surface area contributed by atoms with E-state index in [4.69, 9.17) is 4.74 Å². The van der Waals surface area contributed by atoms with E-state index >= 15 is 0 Å². The van der Waals surface area contributed by atoms with Crippen LogP contribution in [0, 0.1) is 11.3 Å². The summed E-state index contributed by atoms with van der Waals surface area (Å²) >= 11 is 0. The lowest BCUT2D eigenvalue weighted by Crippen LogP contribution is -2.27. The maximum absolute atomic E-state index is 5.33. The summed E-state index contributed by atoms with van der Waals surface area (Å²) in [6, 6.07) is 7.11. The minimum atomic E-state index is 0.547. The molecule has 2 aliphatic rings. The molecule has 2 aliphatic carbocycles. The topological polar surface area (TPSA) is 21.3 Å². The predicted octanol–water partition coefficient (Wildman–Crippen LogP) is 3.71. The molecule has 1 fully saturated rings. The van der Waals surface area contributed by atoms with E-state index in [1.54, 1.807) is 7.11 Å². The Bertz CT molecular complexity index is 466. The quantitative estimate of drug-likeness (QED) is 0.890. The van der Waals surface area contributed by atoms with Gasteiger partial charge in [-0.2, -0.15) is 0 Å². The molecule has 0 bridgehead atoms. The fourth-order valence-electron chi connectivity index (χ4n) is 3.34. The summed E-state index contributed by atoms with van der Waals surface area (Å²) < 4.78 is 5.33. The first-order chi connectivity index (χ1) is 9.10. The third kappa shape index (κ3) is 2.64. The zero-order valence-corrected chi connectivity index (χ0v) is 12.3. The van der Waals surface area contributed by atoms with Crippen LogP contribution in [-0.2, 0) is 6.42 Å². The molecule has 0 spiro atoms. The molecule has 2 heteroatoms. The first-order valence-corrected chi connectivity index (χ1v) is 7.50. The normalized spacial score (nSPS) is 27.7. The number of methoxy groups -OCH3 is 1. The van der Waals surface area contributed by atoms with Crippen LogP contribution < -0.4 is 10.1 Å². The molecule has 3 rings (SSSR count). The van der Waals surface area contributed by atoms with Gasteiger partial charge in [0, 0.05) is 6.04 Å². The van der Waals surface area contributed by atoms with Crippen molar-refractivity contribution in [2.45, 2.75) is 45.6 Å². The van der Waals surface area contributed by atoms with E-state index in [0.717, 1.165) is 11.7 Å². The predicted molar refractivity (Wildman–Crippen MR) is 78.6 cm³/mol. The lowest BCUT2D eigenvalue weighted by Gasteiger charge is -2.27. The SMILES string of the molecule is COc1ccc2c(c1)CCCC2NCC1CC1(C)C. The summed E-state index contributed by atoms with van der Waals surface area (Å²) in [5, 5.41) is 3.79. The smallest absolute Gasteiger partial charge is 0.119 e. The number of benzene rings is 1. The van der Waals surface area contributed by atoms with Gasteiger partial charge in [0.25, 0.3) is 0 Å². The number of fused-ring (bicyclic) bond motifs is 1. The van der Waals surface area contributed by atoms with Crippen LogP contribution in [0.2, 0.25) is 0 Å². The average molecular weight is 259 g/mol. The fourth-order valence-corrected chi connectivity index (χ4v) is 3.34. The molecule has 0 radical (unpaired) electrons. The van der Waals surface area contributed by atoms with Crippen molar-refractivity contribution in [3.05, 3.63) is 29.3 Å². The monoisotopic (exact) mass is 259 g/mol. The van der Waals surface area contributed by atoms with Gasteiger partial charge in [-0.15, -0.1) is 0 Å². The lowest BCUT2D eigenvalue weighted by molar-refractivity contribution is 0.407. The maximum atomic E-state index is 5.33. The second kappa shape index (κ2) is 4.82. The Morgan fingerprint density at radius 1 is 1.37 bits per heavy atom. The summed E-state index contributed by atoms with van der Waals surface area (Å²) in [6.45, 7) is 5.92. The van der Waals surface area contributed by atoms with E-state index in [-0.39, 0.29) is 0 Å². The molecule has 0 saturated heterocycles. The van der Waals surface area contributed by atoms with Crippen molar-refractivity contribution in [2.24, 2.45) is 11.3 Å². The van der Waals surface area contributed by atoms with Crippen molar-refractivity contribution in [1.29, 1.82) is 0 Å². The highest BCUT2D eigenvalue weighted by Crippen LogP contribution is 2.51. The van der Waals surface area contributed by atoms with E-state index in [9.17, 15) is 0 Å². The Labute approximate surface area is 116 Å². The minimum Gasteiger partial charge on any atom is -0.497 e. The largest absolute Gasteiger partial charge is 0.497 e. The Hall–Kier alpha value is -1.02. The van der Waals surface area contributed by atoms with Crippen molar-refractivity contribution in [2.75, 3.05) is 13.7 Å². The molecule has 2 nitrogen and oxygen atoms in total. The van der Waals surface area contributed by atoms with Crippen molar-refractivity contribution >= 4 is 0 Å². The molecule has 19 heavy (non-hydrogen) atoms. The highest BCUT2D eigenvalue weighted by atomic mass is 16.5. The zero-order chi connectivity index (χ0) is 13.5.